The molecule has 10 heteroatoms. The fraction of sp³-hybridized carbons (Fsp3) is 0.280. The van der Waals surface area contributed by atoms with E-state index in [0.29, 0.717) is 54.4 Å². The summed E-state index contributed by atoms with van der Waals surface area (Å²) in [7, 11) is 0. The lowest BCUT2D eigenvalue weighted by Crippen LogP contribution is -2.43. The van der Waals surface area contributed by atoms with Gasteiger partial charge >= 0.3 is 0 Å². The third-order valence-corrected chi connectivity index (χ3v) is 5.87. The predicted molar refractivity (Wildman–Crippen MR) is 128 cm³/mol. The number of nitrogen functional groups attached to an aromatic ring is 1. The molecule has 0 radical (unpaired) electrons. The van der Waals surface area contributed by atoms with Crippen molar-refractivity contribution >= 4 is 28.4 Å². The molecule has 0 aliphatic carbocycles. The molecule has 0 unspecified atom stereocenters. The maximum Gasteiger partial charge on any atom is 0.278 e. The van der Waals surface area contributed by atoms with Gasteiger partial charge in [-0.2, -0.15) is 0 Å². The highest BCUT2D eigenvalue weighted by molar-refractivity contribution is 6.00. The van der Waals surface area contributed by atoms with E-state index in [9.17, 15) is 9.59 Å². The van der Waals surface area contributed by atoms with Crippen LogP contribution in [-0.4, -0.2) is 35.3 Å². The zero-order valence-corrected chi connectivity index (χ0v) is 19.3. The molecule has 1 aliphatic heterocycles. The standard InChI is InChI=1S/C25H25N5O5/c1-2-33-11-5-10-30-22(26)17(13-18-23(30)28-21-6-3-4-9-29(21)25(18)32)24(31)27-14-16-7-8-19-20(12-16)35-15-34-19/h3-4,6-9,12-13,26H,2,5,10-11,14-15H2,1H3,(H,27,31)/p+1. The van der Waals surface area contributed by atoms with Gasteiger partial charge in [-0.1, -0.05) is 17.1 Å². The zero-order chi connectivity index (χ0) is 24.4. The average Bonchev–Trinajstić information content (AvgIpc) is 3.34. The topological polar surface area (TPSA) is 121 Å². The number of benzene rings is 1. The van der Waals surface area contributed by atoms with Gasteiger partial charge < -0.3 is 25.3 Å². The van der Waals surface area contributed by atoms with Crippen molar-refractivity contribution in [3.8, 4) is 11.5 Å². The van der Waals surface area contributed by atoms with Gasteiger partial charge in [0.25, 0.3) is 17.1 Å². The second kappa shape index (κ2) is 9.59. The van der Waals surface area contributed by atoms with Crippen molar-refractivity contribution in [1.29, 1.82) is 0 Å². The Morgan fingerprint density at radius 2 is 2.09 bits per heavy atom. The van der Waals surface area contributed by atoms with Gasteiger partial charge in [0.15, 0.2) is 11.5 Å². The number of nitrogens with one attached hydrogen (secondary N) is 1. The van der Waals surface area contributed by atoms with Crippen LogP contribution in [0.1, 0.15) is 29.3 Å². The minimum absolute atomic E-state index is 0.181. The molecule has 0 atom stereocenters. The van der Waals surface area contributed by atoms with Gasteiger partial charge in [0, 0.05) is 32.4 Å². The first kappa shape index (κ1) is 22.6. The first-order valence-corrected chi connectivity index (χ1v) is 11.4. The van der Waals surface area contributed by atoms with Crippen molar-refractivity contribution < 1.29 is 23.6 Å². The molecular formula is C25H26N5O5+. The van der Waals surface area contributed by atoms with E-state index in [0.717, 1.165) is 5.56 Å². The van der Waals surface area contributed by atoms with Crippen LogP contribution in [0.15, 0.2) is 53.5 Å². The summed E-state index contributed by atoms with van der Waals surface area (Å²) in [5.74, 6) is 1.16. The number of aryl methyl sites for hydroxylation is 1. The number of carbonyl (C=O) groups is 1. The predicted octanol–water partition coefficient (Wildman–Crippen LogP) is 1.80. The number of aromatic nitrogens is 3. The summed E-state index contributed by atoms with van der Waals surface area (Å²) < 4.78 is 19.4. The molecule has 1 aliphatic rings. The Kier molecular flexibility index (Phi) is 6.19. The maximum atomic E-state index is 13.3. The fourth-order valence-electron chi connectivity index (χ4n) is 4.11. The summed E-state index contributed by atoms with van der Waals surface area (Å²) in [5, 5.41) is 3.20. The number of anilines is 1. The summed E-state index contributed by atoms with van der Waals surface area (Å²) in [4.78, 5) is 31.2. The molecule has 180 valence electrons. The van der Waals surface area contributed by atoms with E-state index >= 15 is 0 Å². The largest absolute Gasteiger partial charge is 0.454 e. The Hall–Kier alpha value is -4.18. The van der Waals surface area contributed by atoms with Crippen LogP contribution in [0.3, 0.4) is 0 Å². The summed E-state index contributed by atoms with van der Waals surface area (Å²) in [6.07, 6.45) is 2.30. The number of hydrogen-bond donors (Lipinski definition) is 2. The summed E-state index contributed by atoms with van der Waals surface area (Å²) in [6.45, 7) is 3.94. The highest BCUT2D eigenvalue weighted by Gasteiger charge is 2.24. The van der Waals surface area contributed by atoms with E-state index in [1.165, 1.54) is 10.5 Å². The number of ether oxygens (including phenoxy) is 3. The van der Waals surface area contributed by atoms with Gasteiger partial charge in [-0.25, -0.2) is 4.57 Å². The van der Waals surface area contributed by atoms with Crippen molar-refractivity contribution in [3.05, 3.63) is 70.1 Å². The lowest BCUT2D eigenvalue weighted by Gasteiger charge is -2.13. The molecule has 1 amide bonds. The van der Waals surface area contributed by atoms with Crippen LogP contribution in [-0.2, 0) is 17.8 Å². The Balaban J connectivity index is 1.51. The summed E-state index contributed by atoms with van der Waals surface area (Å²) in [5.41, 5.74) is 8.20. The third kappa shape index (κ3) is 4.35. The Morgan fingerprint density at radius 3 is 2.94 bits per heavy atom. The average molecular weight is 477 g/mol. The molecule has 5 rings (SSSR count). The monoisotopic (exact) mass is 476 g/mol. The molecule has 4 aromatic rings. The quantitative estimate of drug-likeness (QED) is 0.226. The van der Waals surface area contributed by atoms with Gasteiger partial charge in [-0.3, -0.25) is 14.0 Å². The zero-order valence-electron chi connectivity index (χ0n) is 19.3. The van der Waals surface area contributed by atoms with E-state index in [4.69, 9.17) is 19.9 Å². The fourth-order valence-corrected chi connectivity index (χ4v) is 4.11. The molecule has 1 aromatic carbocycles. The van der Waals surface area contributed by atoms with Crippen LogP contribution < -0.4 is 30.7 Å². The van der Waals surface area contributed by atoms with Crippen LogP contribution in [0.4, 0.5) is 5.82 Å². The minimum Gasteiger partial charge on any atom is -0.454 e. The molecule has 3 aromatic heterocycles. The van der Waals surface area contributed by atoms with Crippen LogP contribution in [0.5, 0.6) is 11.5 Å². The first-order valence-electron chi connectivity index (χ1n) is 11.4. The third-order valence-electron chi connectivity index (χ3n) is 5.87. The number of hydrogen-bond acceptors (Lipinski definition) is 7. The highest BCUT2D eigenvalue weighted by atomic mass is 16.7. The molecule has 10 nitrogen and oxygen atoms in total. The van der Waals surface area contributed by atoms with Crippen LogP contribution in [0.25, 0.3) is 16.7 Å². The van der Waals surface area contributed by atoms with E-state index in [1.807, 2.05) is 25.1 Å². The van der Waals surface area contributed by atoms with Crippen molar-refractivity contribution in [3.63, 3.8) is 0 Å². The molecule has 0 saturated heterocycles. The molecule has 0 bridgehead atoms. The summed E-state index contributed by atoms with van der Waals surface area (Å²) >= 11 is 0. The van der Waals surface area contributed by atoms with E-state index in [1.54, 1.807) is 29.0 Å². The van der Waals surface area contributed by atoms with E-state index in [2.05, 4.69) is 10.3 Å². The molecule has 0 fully saturated rings. The van der Waals surface area contributed by atoms with Gasteiger partial charge in [-0.05, 0) is 42.8 Å². The number of fused-ring (bicyclic) bond motifs is 3. The smallest absolute Gasteiger partial charge is 0.278 e. The molecular weight excluding hydrogens is 450 g/mol. The van der Waals surface area contributed by atoms with Gasteiger partial charge in [0.2, 0.25) is 18.3 Å². The molecule has 35 heavy (non-hydrogen) atoms. The van der Waals surface area contributed by atoms with E-state index in [-0.39, 0.29) is 30.3 Å². The van der Waals surface area contributed by atoms with Crippen molar-refractivity contribution in [2.24, 2.45) is 0 Å². The normalized spacial score (nSPS) is 12.4. The second-order valence-corrected chi connectivity index (χ2v) is 8.10. The molecule has 3 N–H and O–H groups in total. The Labute approximate surface area is 200 Å². The molecule has 4 heterocycles. The lowest BCUT2D eigenvalue weighted by atomic mass is 10.1. The first-order chi connectivity index (χ1) is 17.1. The SMILES string of the molecule is CCOCCC[n+]1c(N)c(C(=O)NCc2ccc3c(c2)OCO3)cc2c(=O)n3ccccc3nc21. The number of pyridine rings is 2. The maximum absolute atomic E-state index is 13.3. The van der Waals surface area contributed by atoms with Gasteiger partial charge in [0.1, 0.15) is 10.9 Å². The van der Waals surface area contributed by atoms with Crippen LogP contribution >= 0.6 is 0 Å². The molecule has 0 saturated carbocycles. The molecule has 0 spiro atoms. The Bertz CT molecular complexity index is 1480. The number of amides is 1. The highest BCUT2D eigenvalue weighted by Crippen LogP contribution is 2.32. The lowest BCUT2D eigenvalue weighted by molar-refractivity contribution is -0.659. The van der Waals surface area contributed by atoms with Crippen molar-refractivity contribution in [2.45, 2.75) is 26.4 Å². The van der Waals surface area contributed by atoms with Crippen molar-refractivity contribution in [1.82, 2.24) is 14.7 Å². The van der Waals surface area contributed by atoms with Crippen LogP contribution in [0.2, 0.25) is 0 Å². The number of nitrogens with zero attached hydrogens (tertiary/aromatic N) is 3. The number of carbonyl (C=O) groups excluding carboxylic acids is 1. The Morgan fingerprint density at radius 1 is 1.23 bits per heavy atom. The van der Waals surface area contributed by atoms with Gasteiger partial charge in [0.05, 0.1) is 6.54 Å². The van der Waals surface area contributed by atoms with Gasteiger partial charge in [-0.15, -0.1) is 0 Å². The van der Waals surface area contributed by atoms with Crippen molar-refractivity contribution in [2.75, 3.05) is 25.7 Å². The number of nitrogens with two attached hydrogens (primary N) is 1. The second-order valence-electron chi connectivity index (χ2n) is 8.10. The number of rotatable bonds is 8. The van der Waals surface area contributed by atoms with Crippen LogP contribution in [0, 0.1) is 0 Å². The van der Waals surface area contributed by atoms with E-state index < -0.39 is 5.91 Å². The summed E-state index contributed by atoms with van der Waals surface area (Å²) in [6, 6.07) is 12.3. The minimum atomic E-state index is -0.391.